The summed E-state index contributed by atoms with van der Waals surface area (Å²) in [5.41, 5.74) is 1.87. The van der Waals surface area contributed by atoms with Gasteiger partial charge < -0.3 is 4.98 Å². The number of aldehydes is 1. The van der Waals surface area contributed by atoms with E-state index < -0.39 is 0 Å². The van der Waals surface area contributed by atoms with E-state index in [-0.39, 0.29) is 0 Å². The third kappa shape index (κ3) is 17.3. The molecular weight excluding hydrogens is 390 g/mol. The lowest BCUT2D eigenvalue weighted by molar-refractivity contribution is 0.111. The number of H-pyrrole nitrogens is 1. The maximum atomic E-state index is 10.7. The van der Waals surface area contributed by atoms with E-state index in [4.69, 9.17) is 0 Å². The highest BCUT2D eigenvalue weighted by Crippen LogP contribution is 2.11. The van der Waals surface area contributed by atoms with Crippen LogP contribution in [0.15, 0.2) is 72.9 Å². The van der Waals surface area contributed by atoms with Crippen LogP contribution in [0.1, 0.15) is 107 Å². The standard InChI is InChI=1S/C30H45NO/c1-2-3-4-5-6-7-8-9-10-11-12-13-14-15-16-17-18-19-20-21-22-23-24-25-29-26-27-30(28-32)31-29/h3-4,6-7,9-10,12-13,15-16,26-28,31H,2,5,8,11,14,17-25H2,1H3. The topological polar surface area (TPSA) is 32.9 Å². The zero-order valence-corrected chi connectivity index (χ0v) is 20.3. The van der Waals surface area contributed by atoms with Crippen molar-refractivity contribution >= 4 is 6.29 Å². The van der Waals surface area contributed by atoms with E-state index in [0.717, 1.165) is 44.8 Å². The fourth-order valence-corrected chi connectivity index (χ4v) is 3.50. The van der Waals surface area contributed by atoms with E-state index in [1.807, 2.05) is 12.1 Å². The third-order valence-corrected chi connectivity index (χ3v) is 5.37. The minimum Gasteiger partial charge on any atom is -0.356 e. The van der Waals surface area contributed by atoms with Crippen molar-refractivity contribution < 1.29 is 4.79 Å². The molecule has 32 heavy (non-hydrogen) atoms. The van der Waals surface area contributed by atoms with Crippen molar-refractivity contribution in [3.63, 3.8) is 0 Å². The molecule has 0 spiro atoms. The Balaban J connectivity index is 1.84. The van der Waals surface area contributed by atoms with Gasteiger partial charge in [0.1, 0.15) is 0 Å². The average molecular weight is 436 g/mol. The van der Waals surface area contributed by atoms with Gasteiger partial charge in [-0.1, -0.05) is 99.8 Å². The molecule has 0 unspecified atom stereocenters. The summed E-state index contributed by atoms with van der Waals surface area (Å²) in [6, 6.07) is 3.89. The lowest BCUT2D eigenvalue weighted by atomic mass is 10.1. The van der Waals surface area contributed by atoms with Crippen molar-refractivity contribution in [2.45, 2.75) is 96.8 Å². The Kier molecular flexibility index (Phi) is 18.9. The molecular formula is C30H45NO. The summed E-state index contributed by atoms with van der Waals surface area (Å²) in [5, 5.41) is 0. The molecule has 0 saturated carbocycles. The smallest absolute Gasteiger partial charge is 0.166 e. The Labute approximate surface area is 197 Å². The first-order valence-electron chi connectivity index (χ1n) is 12.7. The van der Waals surface area contributed by atoms with Gasteiger partial charge in [0.25, 0.3) is 0 Å². The molecule has 0 aliphatic rings. The molecule has 0 aliphatic carbocycles. The molecule has 0 aromatic carbocycles. The summed E-state index contributed by atoms with van der Waals surface area (Å²) in [4.78, 5) is 13.8. The molecule has 0 atom stereocenters. The van der Waals surface area contributed by atoms with Gasteiger partial charge in [0.2, 0.25) is 0 Å². The van der Waals surface area contributed by atoms with Crippen LogP contribution in [-0.4, -0.2) is 11.3 Å². The van der Waals surface area contributed by atoms with Gasteiger partial charge in [0, 0.05) is 5.69 Å². The number of carbonyl (C=O) groups excluding carboxylic acids is 1. The zero-order valence-electron chi connectivity index (χ0n) is 20.3. The Hall–Kier alpha value is -2.35. The van der Waals surface area contributed by atoms with Gasteiger partial charge in [-0.05, 0) is 69.9 Å². The summed E-state index contributed by atoms with van der Waals surface area (Å²) in [6.45, 7) is 2.16. The van der Waals surface area contributed by atoms with Crippen LogP contribution >= 0.6 is 0 Å². The number of unbranched alkanes of at least 4 members (excludes halogenated alkanes) is 7. The molecule has 1 aromatic rings. The van der Waals surface area contributed by atoms with Crippen LogP contribution in [0.3, 0.4) is 0 Å². The summed E-state index contributed by atoms with van der Waals surface area (Å²) in [6.07, 6.45) is 40.1. The summed E-state index contributed by atoms with van der Waals surface area (Å²) < 4.78 is 0. The predicted molar refractivity (Wildman–Crippen MR) is 141 cm³/mol. The van der Waals surface area contributed by atoms with Crippen molar-refractivity contribution in [3.05, 3.63) is 84.3 Å². The van der Waals surface area contributed by atoms with Gasteiger partial charge in [0.05, 0.1) is 5.69 Å². The van der Waals surface area contributed by atoms with Gasteiger partial charge in [-0.3, -0.25) is 4.79 Å². The van der Waals surface area contributed by atoms with E-state index in [0.29, 0.717) is 5.69 Å². The van der Waals surface area contributed by atoms with Crippen LogP contribution in [0.4, 0.5) is 0 Å². The number of aryl methyl sites for hydroxylation is 1. The fraction of sp³-hybridized carbons (Fsp3) is 0.500. The normalized spacial score (nSPS) is 12.5. The second-order valence-corrected chi connectivity index (χ2v) is 8.28. The van der Waals surface area contributed by atoms with Crippen molar-refractivity contribution in [3.8, 4) is 0 Å². The van der Waals surface area contributed by atoms with E-state index in [9.17, 15) is 4.79 Å². The van der Waals surface area contributed by atoms with Crippen molar-refractivity contribution in [2.75, 3.05) is 0 Å². The van der Waals surface area contributed by atoms with Gasteiger partial charge in [0.15, 0.2) is 6.29 Å². The van der Waals surface area contributed by atoms with Crippen molar-refractivity contribution in [1.29, 1.82) is 0 Å². The molecule has 0 saturated heterocycles. The highest BCUT2D eigenvalue weighted by molar-refractivity contribution is 5.71. The number of hydrogen-bond acceptors (Lipinski definition) is 1. The lowest BCUT2D eigenvalue weighted by Crippen LogP contribution is -1.88. The first kappa shape index (κ1) is 27.7. The van der Waals surface area contributed by atoms with Crippen molar-refractivity contribution in [1.82, 2.24) is 4.98 Å². The van der Waals surface area contributed by atoms with Gasteiger partial charge in [-0.2, -0.15) is 0 Å². The SMILES string of the molecule is CCC=CCC=CCC=CCC=CCC=CCCCCCCCCCc1ccc(C=O)[nH]1. The Morgan fingerprint density at radius 1 is 0.625 bits per heavy atom. The van der Waals surface area contributed by atoms with E-state index in [1.165, 1.54) is 57.1 Å². The Morgan fingerprint density at radius 3 is 1.66 bits per heavy atom. The Bertz CT molecular complexity index is 702. The fourth-order valence-electron chi connectivity index (χ4n) is 3.50. The van der Waals surface area contributed by atoms with Crippen LogP contribution in [0, 0.1) is 0 Å². The highest BCUT2D eigenvalue weighted by Gasteiger charge is 1.98. The Morgan fingerprint density at radius 2 is 1.12 bits per heavy atom. The predicted octanol–water partition coefficient (Wildman–Crippen LogP) is 9.24. The molecule has 1 N–H and O–H groups in total. The lowest BCUT2D eigenvalue weighted by Gasteiger charge is -2.01. The molecule has 1 aromatic heterocycles. The minimum atomic E-state index is 0.688. The molecule has 1 rings (SSSR count). The number of allylic oxidation sites excluding steroid dienone is 10. The summed E-state index contributed by atoms with van der Waals surface area (Å²) >= 11 is 0. The molecule has 0 bridgehead atoms. The summed E-state index contributed by atoms with van der Waals surface area (Å²) in [7, 11) is 0. The van der Waals surface area contributed by atoms with E-state index in [1.54, 1.807) is 0 Å². The minimum absolute atomic E-state index is 0.688. The van der Waals surface area contributed by atoms with Gasteiger partial charge in [-0.15, -0.1) is 0 Å². The number of aromatic nitrogens is 1. The largest absolute Gasteiger partial charge is 0.356 e. The van der Waals surface area contributed by atoms with E-state index in [2.05, 4.69) is 72.7 Å². The molecule has 176 valence electrons. The quantitative estimate of drug-likeness (QED) is 0.123. The highest BCUT2D eigenvalue weighted by atomic mass is 16.1. The van der Waals surface area contributed by atoms with Crippen LogP contribution in [0.25, 0.3) is 0 Å². The van der Waals surface area contributed by atoms with Crippen LogP contribution in [0.2, 0.25) is 0 Å². The number of aromatic amines is 1. The molecule has 0 amide bonds. The first-order chi connectivity index (χ1) is 15.9. The first-order valence-corrected chi connectivity index (χ1v) is 12.7. The molecule has 0 radical (unpaired) electrons. The van der Waals surface area contributed by atoms with Crippen molar-refractivity contribution in [2.24, 2.45) is 0 Å². The number of rotatable bonds is 20. The number of carbonyl (C=O) groups is 1. The zero-order chi connectivity index (χ0) is 23.0. The molecule has 2 nitrogen and oxygen atoms in total. The van der Waals surface area contributed by atoms with Gasteiger partial charge in [-0.25, -0.2) is 0 Å². The molecule has 2 heteroatoms. The molecule has 0 fully saturated rings. The van der Waals surface area contributed by atoms with Crippen LogP contribution in [-0.2, 0) is 6.42 Å². The maximum absolute atomic E-state index is 10.7. The van der Waals surface area contributed by atoms with E-state index >= 15 is 0 Å². The maximum Gasteiger partial charge on any atom is 0.166 e. The second-order valence-electron chi connectivity index (χ2n) is 8.28. The third-order valence-electron chi connectivity index (χ3n) is 5.37. The molecule has 1 heterocycles. The molecule has 0 aliphatic heterocycles. The average Bonchev–Trinajstić information content (AvgIpc) is 3.27. The second kappa shape index (κ2) is 21.9. The monoisotopic (exact) mass is 435 g/mol. The summed E-state index contributed by atoms with van der Waals surface area (Å²) in [5.74, 6) is 0. The van der Waals surface area contributed by atoms with Crippen LogP contribution in [0.5, 0.6) is 0 Å². The van der Waals surface area contributed by atoms with Gasteiger partial charge >= 0.3 is 0 Å². The number of hydrogen-bond donors (Lipinski definition) is 1. The number of nitrogens with one attached hydrogen (secondary N) is 1. The van der Waals surface area contributed by atoms with Crippen LogP contribution < -0.4 is 0 Å².